The molecule has 1 atom stereocenters. The van der Waals surface area contributed by atoms with E-state index in [2.05, 4.69) is 23.7 Å². The van der Waals surface area contributed by atoms with Crippen molar-refractivity contribution < 1.29 is 5.11 Å². The monoisotopic (exact) mass is 248 g/mol. The molecule has 0 aliphatic carbocycles. The quantitative estimate of drug-likeness (QED) is 0.891. The van der Waals surface area contributed by atoms with E-state index in [0.29, 0.717) is 6.04 Å². The van der Waals surface area contributed by atoms with Gasteiger partial charge in [0.2, 0.25) is 0 Å². The summed E-state index contributed by atoms with van der Waals surface area (Å²) >= 11 is 0. The van der Waals surface area contributed by atoms with Crippen molar-refractivity contribution >= 4 is 0 Å². The second-order valence-corrected chi connectivity index (χ2v) is 5.74. The summed E-state index contributed by atoms with van der Waals surface area (Å²) in [5.41, 5.74) is 0.649. The number of rotatable bonds is 3. The lowest BCUT2D eigenvalue weighted by atomic mass is 9.88. The van der Waals surface area contributed by atoms with Crippen molar-refractivity contribution in [3.8, 4) is 0 Å². The van der Waals surface area contributed by atoms with E-state index < -0.39 is 5.60 Å². The van der Waals surface area contributed by atoms with Crippen LogP contribution in [0, 0.1) is 0 Å². The Bertz CT molecular complexity index is 366. The van der Waals surface area contributed by atoms with E-state index in [9.17, 15) is 5.11 Å². The Morgan fingerprint density at radius 3 is 2.67 bits per heavy atom. The van der Waals surface area contributed by atoms with Crippen molar-refractivity contribution in [3.63, 3.8) is 0 Å². The summed E-state index contributed by atoms with van der Waals surface area (Å²) in [5.74, 6) is 0. The van der Waals surface area contributed by atoms with Crippen LogP contribution in [-0.4, -0.2) is 39.7 Å². The summed E-state index contributed by atoms with van der Waals surface area (Å²) in [6.45, 7) is 6.57. The van der Waals surface area contributed by atoms with Gasteiger partial charge in [-0.1, -0.05) is 0 Å². The van der Waals surface area contributed by atoms with E-state index in [1.165, 1.54) is 5.56 Å². The van der Waals surface area contributed by atoms with Crippen LogP contribution in [0.1, 0.15) is 38.7 Å². The second-order valence-electron chi connectivity index (χ2n) is 5.74. The molecule has 1 saturated heterocycles. The molecular formula is C15H24N2O. The minimum Gasteiger partial charge on any atom is -0.389 e. The molecule has 1 fully saturated rings. The van der Waals surface area contributed by atoms with Crippen molar-refractivity contribution in [3.05, 3.63) is 30.1 Å². The van der Waals surface area contributed by atoms with E-state index in [0.717, 1.165) is 38.8 Å². The first kappa shape index (κ1) is 13.5. The van der Waals surface area contributed by atoms with Crippen molar-refractivity contribution in [2.45, 2.75) is 51.2 Å². The highest BCUT2D eigenvalue weighted by atomic mass is 16.3. The zero-order chi connectivity index (χ0) is 13.0. The minimum absolute atomic E-state index is 0.537. The third kappa shape index (κ3) is 3.53. The van der Waals surface area contributed by atoms with E-state index in [1.54, 1.807) is 12.4 Å². The Hall–Kier alpha value is -0.930. The molecule has 0 radical (unpaired) electrons. The number of nitrogens with zero attached hydrogens (tertiary/aromatic N) is 2. The normalized spacial score (nSPS) is 26.2. The highest BCUT2D eigenvalue weighted by Gasteiger charge is 2.30. The summed E-state index contributed by atoms with van der Waals surface area (Å²) in [6.07, 6.45) is 7.21. The lowest BCUT2D eigenvalue weighted by Gasteiger charge is -2.28. The van der Waals surface area contributed by atoms with Crippen LogP contribution in [-0.2, 0) is 6.42 Å². The molecule has 1 aliphatic heterocycles. The van der Waals surface area contributed by atoms with Gasteiger partial charge in [-0.15, -0.1) is 0 Å². The van der Waals surface area contributed by atoms with Crippen LogP contribution in [0.2, 0.25) is 0 Å². The van der Waals surface area contributed by atoms with Crippen LogP contribution < -0.4 is 0 Å². The number of aromatic nitrogens is 1. The molecule has 1 aromatic heterocycles. The van der Waals surface area contributed by atoms with Gasteiger partial charge in [-0.05, 0) is 57.4 Å². The Kier molecular flexibility index (Phi) is 4.36. The summed E-state index contributed by atoms with van der Waals surface area (Å²) in [4.78, 5) is 6.49. The molecular weight excluding hydrogens is 224 g/mol. The van der Waals surface area contributed by atoms with Gasteiger partial charge >= 0.3 is 0 Å². The first-order valence-corrected chi connectivity index (χ1v) is 6.94. The molecule has 0 amide bonds. The zero-order valence-electron chi connectivity index (χ0n) is 11.5. The fourth-order valence-electron chi connectivity index (χ4n) is 2.77. The fraction of sp³-hybridized carbons (Fsp3) is 0.667. The van der Waals surface area contributed by atoms with Crippen molar-refractivity contribution in [2.75, 3.05) is 13.1 Å². The predicted molar refractivity (Wildman–Crippen MR) is 73.5 cm³/mol. The standard InChI is InChI=1S/C15H24N2O/c1-13(2)17-10-3-6-15(18,7-11-17)12-14-4-8-16-9-5-14/h4-5,8-9,13,18H,3,6-7,10-12H2,1-2H3. The van der Waals surface area contributed by atoms with Crippen LogP contribution in [0.25, 0.3) is 0 Å². The molecule has 3 heteroatoms. The van der Waals surface area contributed by atoms with E-state index in [-0.39, 0.29) is 0 Å². The molecule has 0 saturated carbocycles. The summed E-state index contributed by atoms with van der Waals surface area (Å²) in [7, 11) is 0. The molecule has 1 aliphatic rings. The van der Waals surface area contributed by atoms with Gasteiger partial charge in [-0.2, -0.15) is 0 Å². The van der Waals surface area contributed by atoms with Gasteiger partial charge in [-0.25, -0.2) is 0 Å². The third-order valence-corrected chi connectivity index (χ3v) is 3.96. The number of hydrogen-bond acceptors (Lipinski definition) is 3. The molecule has 2 rings (SSSR count). The van der Waals surface area contributed by atoms with Crippen LogP contribution in [0.15, 0.2) is 24.5 Å². The van der Waals surface area contributed by atoms with E-state index >= 15 is 0 Å². The van der Waals surface area contributed by atoms with Gasteiger partial charge in [0.05, 0.1) is 5.60 Å². The molecule has 0 bridgehead atoms. The van der Waals surface area contributed by atoms with Crippen molar-refractivity contribution in [2.24, 2.45) is 0 Å². The van der Waals surface area contributed by atoms with Crippen LogP contribution in [0.4, 0.5) is 0 Å². The SMILES string of the molecule is CC(C)N1CCCC(O)(Cc2ccncc2)CC1. The van der Waals surface area contributed by atoms with Gasteiger partial charge in [0.25, 0.3) is 0 Å². The van der Waals surface area contributed by atoms with Crippen LogP contribution in [0.5, 0.6) is 0 Å². The molecule has 100 valence electrons. The second kappa shape index (κ2) is 5.81. The van der Waals surface area contributed by atoms with Gasteiger partial charge < -0.3 is 10.0 Å². The topological polar surface area (TPSA) is 36.4 Å². The van der Waals surface area contributed by atoms with Crippen LogP contribution in [0.3, 0.4) is 0 Å². The maximum Gasteiger partial charge on any atom is 0.0700 e. The van der Waals surface area contributed by atoms with E-state index in [1.807, 2.05) is 12.1 Å². The highest BCUT2D eigenvalue weighted by Crippen LogP contribution is 2.26. The number of likely N-dealkylation sites (tertiary alicyclic amines) is 1. The largest absolute Gasteiger partial charge is 0.389 e. The van der Waals surface area contributed by atoms with Gasteiger partial charge in [0, 0.05) is 31.4 Å². The molecule has 3 nitrogen and oxygen atoms in total. The molecule has 18 heavy (non-hydrogen) atoms. The number of aliphatic hydroxyl groups is 1. The highest BCUT2D eigenvalue weighted by molar-refractivity contribution is 5.13. The summed E-state index contributed by atoms with van der Waals surface area (Å²) < 4.78 is 0. The minimum atomic E-state index is -0.537. The molecule has 2 heterocycles. The summed E-state index contributed by atoms with van der Waals surface area (Å²) in [6, 6.07) is 4.58. The molecule has 1 unspecified atom stereocenters. The van der Waals surface area contributed by atoms with Gasteiger partial charge in [0.15, 0.2) is 0 Å². The molecule has 0 spiro atoms. The van der Waals surface area contributed by atoms with E-state index in [4.69, 9.17) is 0 Å². The Balaban J connectivity index is 1.99. The Morgan fingerprint density at radius 2 is 2.00 bits per heavy atom. The Labute approximate surface area is 110 Å². The van der Waals surface area contributed by atoms with Gasteiger partial charge in [0.1, 0.15) is 0 Å². The average Bonchev–Trinajstić information content (AvgIpc) is 2.52. The lowest BCUT2D eigenvalue weighted by molar-refractivity contribution is 0.0248. The fourth-order valence-corrected chi connectivity index (χ4v) is 2.77. The molecule has 0 aromatic carbocycles. The molecule has 1 N–H and O–H groups in total. The first-order valence-electron chi connectivity index (χ1n) is 6.94. The number of hydrogen-bond donors (Lipinski definition) is 1. The predicted octanol–water partition coefficient (Wildman–Crippen LogP) is 2.25. The van der Waals surface area contributed by atoms with Crippen molar-refractivity contribution in [1.29, 1.82) is 0 Å². The zero-order valence-corrected chi connectivity index (χ0v) is 11.5. The lowest BCUT2D eigenvalue weighted by Crippen LogP contribution is -2.35. The third-order valence-electron chi connectivity index (χ3n) is 3.96. The smallest absolute Gasteiger partial charge is 0.0700 e. The van der Waals surface area contributed by atoms with Crippen molar-refractivity contribution in [1.82, 2.24) is 9.88 Å². The molecule has 1 aromatic rings. The first-order chi connectivity index (χ1) is 8.59. The van der Waals surface area contributed by atoms with Crippen LogP contribution >= 0.6 is 0 Å². The number of pyridine rings is 1. The Morgan fingerprint density at radius 1 is 1.28 bits per heavy atom. The maximum atomic E-state index is 10.8. The average molecular weight is 248 g/mol. The van der Waals surface area contributed by atoms with Gasteiger partial charge in [-0.3, -0.25) is 4.98 Å². The summed E-state index contributed by atoms with van der Waals surface area (Å²) in [5, 5.41) is 10.8. The maximum absolute atomic E-state index is 10.8.